The smallest absolute Gasteiger partial charge is 0.338 e. The Morgan fingerprint density at radius 1 is 1.00 bits per heavy atom. The van der Waals surface area contributed by atoms with Crippen molar-refractivity contribution < 1.29 is 9.53 Å². The summed E-state index contributed by atoms with van der Waals surface area (Å²) in [5.74, 6) is 0.146. The highest BCUT2D eigenvalue weighted by Crippen LogP contribution is 2.43. The number of hydrogen-bond donors (Lipinski definition) is 0. The van der Waals surface area contributed by atoms with Crippen LogP contribution in [0.1, 0.15) is 90.6 Å². The zero-order valence-corrected chi connectivity index (χ0v) is 16.4. The molecule has 130 valence electrons. The van der Waals surface area contributed by atoms with Gasteiger partial charge in [-0.05, 0) is 61.6 Å². The molecule has 0 aliphatic rings. The van der Waals surface area contributed by atoms with Crippen molar-refractivity contribution in [3.8, 4) is 0 Å². The minimum atomic E-state index is -0.470. The van der Waals surface area contributed by atoms with Gasteiger partial charge in [-0.1, -0.05) is 53.7 Å². The van der Waals surface area contributed by atoms with Crippen molar-refractivity contribution in [1.82, 2.24) is 0 Å². The summed E-state index contributed by atoms with van der Waals surface area (Å²) >= 11 is 0. The molecule has 0 fully saturated rings. The average molecular weight is 319 g/mol. The van der Waals surface area contributed by atoms with Gasteiger partial charge in [-0.25, -0.2) is 4.79 Å². The topological polar surface area (TPSA) is 26.3 Å². The van der Waals surface area contributed by atoms with Crippen molar-refractivity contribution in [2.45, 2.75) is 80.3 Å². The van der Waals surface area contributed by atoms with Gasteiger partial charge in [0.05, 0.1) is 5.56 Å². The van der Waals surface area contributed by atoms with Crippen LogP contribution in [0.4, 0.5) is 0 Å². The SMILES string of the molecule is CC(C)(C)CC(c1cccc(C(=O)OC(C)(C)C)c1)C(C)(C)C. The van der Waals surface area contributed by atoms with E-state index in [1.807, 2.05) is 39.0 Å². The molecular weight excluding hydrogens is 284 g/mol. The minimum Gasteiger partial charge on any atom is -0.456 e. The molecule has 0 amide bonds. The first-order valence-corrected chi connectivity index (χ1v) is 8.52. The summed E-state index contributed by atoms with van der Waals surface area (Å²) in [6.07, 6.45) is 1.08. The fraction of sp³-hybridized carbons (Fsp3) is 0.667. The van der Waals surface area contributed by atoms with Crippen molar-refractivity contribution in [2.24, 2.45) is 10.8 Å². The highest BCUT2D eigenvalue weighted by atomic mass is 16.6. The van der Waals surface area contributed by atoms with Gasteiger partial charge in [-0.2, -0.15) is 0 Å². The summed E-state index contributed by atoms with van der Waals surface area (Å²) in [5, 5.41) is 0. The first-order chi connectivity index (χ1) is 10.2. The van der Waals surface area contributed by atoms with E-state index >= 15 is 0 Å². The van der Waals surface area contributed by atoms with Gasteiger partial charge < -0.3 is 4.74 Å². The van der Waals surface area contributed by atoms with E-state index in [4.69, 9.17) is 4.74 Å². The van der Waals surface area contributed by atoms with Gasteiger partial charge in [-0.15, -0.1) is 0 Å². The van der Waals surface area contributed by atoms with Crippen LogP contribution in [-0.2, 0) is 4.74 Å². The molecule has 0 aromatic heterocycles. The zero-order valence-electron chi connectivity index (χ0n) is 16.4. The Hall–Kier alpha value is -1.31. The normalized spacial score (nSPS) is 14.5. The number of hydrogen-bond acceptors (Lipinski definition) is 2. The number of esters is 1. The van der Waals surface area contributed by atoms with Gasteiger partial charge in [0.15, 0.2) is 0 Å². The van der Waals surface area contributed by atoms with Gasteiger partial charge in [0.2, 0.25) is 0 Å². The van der Waals surface area contributed by atoms with Gasteiger partial charge in [0.25, 0.3) is 0 Å². The van der Waals surface area contributed by atoms with E-state index in [0.717, 1.165) is 6.42 Å². The van der Waals surface area contributed by atoms with Crippen molar-refractivity contribution in [3.63, 3.8) is 0 Å². The molecule has 0 aliphatic heterocycles. The molecule has 0 bridgehead atoms. The van der Waals surface area contributed by atoms with Gasteiger partial charge >= 0.3 is 5.97 Å². The van der Waals surface area contributed by atoms with E-state index in [2.05, 4.69) is 47.6 Å². The van der Waals surface area contributed by atoms with E-state index in [1.54, 1.807) is 0 Å². The first-order valence-electron chi connectivity index (χ1n) is 8.52. The third-order valence-corrected chi connectivity index (χ3v) is 3.79. The van der Waals surface area contributed by atoms with Crippen molar-refractivity contribution in [1.29, 1.82) is 0 Å². The van der Waals surface area contributed by atoms with Crippen LogP contribution in [0.3, 0.4) is 0 Å². The molecule has 0 heterocycles. The van der Waals surface area contributed by atoms with Crippen LogP contribution in [0, 0.1) is 10.8 Å². The van der Waals surface area contributed by atoms with Crippen LogP contribution >= 0.6 is 0 Å². The molecule has 0 saturated heterocycles. The molecule has 0 aliphatic carbocycles. The van der Waals surface area contributed by atoms with Crippen molar-refractivity contribution in [2.75, 3.05) is 0 Å². The summed E-state index contributed by atoms with van der Waals surface area (Å²) in [6.45, 7) is 19.3. The van der Waals surface area contributed by atoms with E-state index in [1.165, 1.54) is 5.56 Å². The minimum absolute atomic E-state index is 0.139. The fourth-order valence-corrected chi connectivity index (χ4v) is 2.76. The second-order valence-electron chi connectivity index (χ2n) is 9.81. The maximum absolute atomic E-state index is 12.3. The van der Waals surface area contributed by atoms with Gasteiger partial charge in [0, 0.05) is 0 Å². The predicted octanol–water partition coefficient (Wildman–Crippen LogP) is 6.21. The number of carbonyl (C=O) groups is 1. The molecule has 2 nitrogen and oxygen atoms in total. The maximum Gasteiger partial charge on any atom is 0.338 e. The Morgan fingerprint density at radius 3 is 2.00 bits per heavy atom. The first kappa shape index (κ1) is 19.7. The number of carbonyl (C=O) groups excluding carboxylic acids is 1. The van der Waals surface area contributed by atoms with Gasteiger partial charge in [0.1, 0.15) is 5.60 Å². The van der Waals surface area contributed by atoms with E-state index < -0.39 is 5.60 Å². The van der Waals surface area contributed by atoms with Crippen molar-refractivity contribution >= 4 is 5.97 Å². The molecule has 2 heteroatoms. The molecule has 1 unspecified atom stereocenters. The molecule has 1 atom stereocenters. The monoisotopic (exact) mass is 318 g/mol. The quantitative estimate of drug-likeness (QED) is 0.619. The molecule has 0 spiro atoms. The second kappa shape index (κ2) is 6.67. The number of ether oxygens (including phenoxy) is 1. The zero-order chi connectivity index (χ0) is 18.1. The lowest BCUT2D eigenvalue weighted by atomic mass is 9.69. The Bertz CT molecular complexity index is 536. The van der Waals surface area contributed by atoms with Crippen LogP contribution in [0.15, 0.2) is 24.3 Å². The molecule has 0 N–H and O–H groups in total. The summed E-state index contributed by atoms with van der Waals surface area (Å²) in [6, 6.07) is 7.95. The summed E-state index contributed by atoms with van der Waals surface area (Å²) in [5.41, 5.74) is 1.76. The third kappa shape index (κ3) is 6.76. The summed E-state index contributed by atoms with van der Waals surface area (Å²) < 4.78 is 5.51. The standard InChI is InChI=1S/C21H34O2/c1-19(2,3)14-17(20(4,5)6)15-11-10-12-16(13-15)18(22)23-21(7,8)9/h10-13,17H,14H2,1-9H3. The van der Waals surface area contributed by atoms with Crippen LogP contribution in [-0.4, -0.2) is 11.6 Å². The largest absolute Gasteiger partial charge is 0.456 e. The van der Waals surface area contributed by atoms with Crippen molar-refractivity contribution in [3.05, 3.63) is 35.4 Å². The molecular formula is C21H34O2. The molecule has 1 rings (SSSR count). The highest BCUT2D eigenvalue weighted by molar-refractivity contribution is 5.89. The molecule has 1 aromatic carbocycles. The highest BCUT2D eigenvalue weighted by Gasteiger charge is 2.31. The van der Waals surface area contributed by atoms with E-state index in [0.29, 0.717) is 11.5 Å². The van der Waals surface area contributed by atoms with Crippen LogP contribution in [0.25, 0.3) is 0 Å². The lowest BCUT2D eigenvalue weighted by Gasteiger charge is -2.36. The number of benzene rings is 1. The Labute approximate surface area is 142 Å². The molecule has 23 heavy (non-hydrogen) atoms. The van der Waals surface area contributed by atoms with E-state index in [-0.39, 0.29) is 16.8 Å². The summed E-state index contributed by atoms with van der Waals surface area (Å²) in [7, 11) is 0. The Balaban J connectivity index is 3.15. The second-order valence-corrected chi connectivity index (χ2v) is 9.81. The lowest BCUT2D eigenvalue weighted by molar-refractivity contribution is 0.00692. The number of rotatable bonds is 3. The third-order valence-electron chi connectivity index (χ3n) is 3.79. The average Bonchev–Trinajstić information content (AvgIpc) is 2.32. The predicted molar refractivity (Wildman–Crippen MR) is 97.9 cm³/mol. The van der Waals surface area contributed by atoms with Crippen LogP contribution in [0.2, 0.25) is 0 Å². The summed E-state index contributed by atoms with van der Waals surface area (Å²) in [4.78, 5) is 12.3. The molecule has 0 saturated carbocycles. The fourth-order valence-electron chi connectivity index (χ4n) is 2.76. The molecule has 0 radical (unpaired) electrons. The molecule has 1 aromatic rings. The Morgan fingerprint density at radius 2 is 1.57 bits per heavy atom. The van der Waals surface area contributed by atoms with Crippen LogP contribution < -0.4 is 0 Å². The Kier molecular flexibility index (Phi) is 5.72. The van der Waals surface area contributed by atoms with Gasteiger partial charge in [-0.3, -0.25) is 0 Å². The van der Waals surface area contributed by atoms with Crippen LogP contribution in [0.5, 0.6) is 0 Å². The lowest BCUT2D eigenvalue weighted by Crippen LogP contribution is -2.25. The van der Waals surface area contributed by atoms with E-state index in [9.17, 15) is 4.79 Å². The maximum atomic E-state index is 12.3.